The first-order valence-electron chi connectivity index (χ1n) is 14.2. The van der Waals surface area contributed by atoms with Gasteiger partial charge in [-0.3, -0.25) is 14.4 Å². The molecule has 0 fully saturated rings. The molecule has 0 aliphatic carbocycles. The minimum absolute atomic E-state index is 0.137. The summed E-state index contributed by atoms with van der Waals surface area (Å²) in [4.78, 5) is 36.6. The van der Waals surface area contributed by atoms with E-state index in [4.69, 9.17) is 0 Å². The van der Waals surface area contributed by atoms with Gasteiger partial charge in [0.25, 0.3) is 0 Å². The molecule has 1 atom stereocenters. The molecule has 11 nitrogen and oxygen atoms in total. The number of benzene rings is 2. The maximum absolute atomic E-state index is 12.6. The lowest BCUT2D eigenvalue weighted by molar-refractivity contribution is -0.129. The van der Waals surface area contributed by atoms with E-state index < -0.39 is 12.0 Å². The van der Waals surface area contributed by atoms with Crippen molar-refractivity contribution >= 4 is 40.0 Å². The standard InChI is InChI=1S/C31H35N7O4S/c1-2-25(39)30(42)32-20-23-12-8-11-22(17-23)19-28(41)34-31-38-37-29(43-31)14-7-6-13-24-15-16-26(36-35-24)33-27(40)18-21-9-4-3-5-10-21/h3-5,8-12,15-17,25,39H,2,6-7,13-14,18-20H2,1H3,(H,32,42)(H,33,36,40)(H,34,38,41). The fourth-order valence-corrected chi connectivity index (χ4v) is 5.00. The van der Waals surface area contributed by atoms with Crippen LogP contribution in [0.2, 0.25) is 0 Å². The van der Waals surface area contributed by atoms with Crippen LogP contribution in [0.1, 0.15) is 53.6 Å². The van der Waals surface area contributed by atoms with Gasteiger partial charge >= 0.3 is 0 Å². The lowest BCUT2D eigenvalue weighted by Gasteiger charge is -2.10. The van der Waals surface area contributed by atoms with Crippen molar-refractivity contribution in [2.45, 2.75) is 64.5 Å². The summed E-state index contributed by atoms with van der Waals surface area (Å²) < 4.78 is 0. The molecule has 3 amide bonds. The summed E-state index contributed by atoms with van der Waals surface area (Å²) in [5, 5.41) is 35.8. The maximum Gasteiger partial charge on any atom is 0.249 e. The summed E-state index contributed by atoms with van der Waals surface area (Å²) in [6, 6.07) is 20.5. The largest absolute Gasteiger partial charge is 0.383 e. The smallest absolute Gasteiger partial charge is 0.249 e. The summed E-state index contributed by atoms with van der Waals surface area (Å²) >= 11 is 1.35. The van der Waals surface area contributed by atoms with E-state index >= 15 is 0 Å². The summed E-state index contributed by atoms with van der Waals surface area (Å²) in [6.45, 7) is 2.01. The number of rotatable bonds is 15. The van der Waals surface area contributed by atoms with E-state index in [2.05, 4.69) is 36.3 Å². The number of hydrogen-bond acceptors (Lipinski definition) is 9. The molecule has 43 heavy (non-hydrogen) atoms. The Bertz CT molecular complexity index is 1500. The summed E-state index contributed by atoms with van der Waals surface area (Å²) in [7, 11) is 0. The molecule has 0 aliphatic rings. The van der Waals surface area contributed by atoms with Crippen LogP contribution in [-0.2, 0) is 46.6 Å². The van der Waals surface area contributed by atoms with Gasteiger partial charge in [0, 0.05) is 13.0 Å². The number of unbranched alkanes of at least 4 members (excludes halogenated alkanes) is 1. The van der Waals surface area contributed by atoms with Crippen LogP contribution >= 0.6 is 11.3 Å². The van der Waals surface area contributed by atoms with E-state index in [1.807, 2.05) is 60.7 Å². The van der Waals surface area contributed by atoms with Crippen LogP contribution in [-0.4, -0.2) is 49.3 Å². The molecule has 2 aromatic heterocycles. The van der Waals surface area contributed by atoms with Gasteiger partial charge in [-0.2, -0.15) is 5.10 Å². The number of aliphatic hydroxyl groups is 1. The van der Waals surface area contributed by atoms with Crippen molar-refractivity contribution in [3.63, 3.8) is 0 Å². The number of carbonyl (C=O) groups excluding carboxylic acids is 3. The second-order valence-corrected chi connectivity index (χ2v) is 11.1. The Labute approximate surface area is 254 Å². The summed E-state index contributed by atoms with van der Waals surface area (Å²) in [5.41, 5.74) is 3.42. The van der Waals surface area contributed by atoms with Crippen molar-refractivity contribution < 1.29 is 19.5 Å². The fraction of sp³-hybridized carbons (Fsp3) is 0.323. The number of amides is 3. The predicted molar refractivity (Wildman–Crippen MR) is 164 cm³/mol. The molecule has 2 heterocycles. The Hall–Kier alpha value is -4.55. The van der Waals surface area contributed by atoms with E-state index in [-0.39, 0.29) is 31.2 Å². The lowest BCUT2D eigenvalue weighted by Crippen LogP contribution is -2.33. The second-order valence-electron chi connectivity index (χ2n) is 10.0. The zero-order valence-electron chi connectivity index (χ0n) is 24.0. The monoisotopic (exact) mass is 601 g/mol. The Balaban J connectivity index is 1.14. The average molecular weight is 602 g/mol. The highest BCUT2D eigenvalue weighted by Gasteiger charge is 2.13. The van der Waals surface area contributed by atoms with E-state index in [9.17, 15) is 19.5 Å². The third-order valence-corrected chi connectivity index (χ3v) is 7.39. The summed E-state index contributed by atoms with van der Waals surface area (Å²) in [6.07, 6.45) is 2.99. The van der Waals surface area contributed by atoms with Crippen LogP contribution in [0, 0.1) is 0 Å². The molecule has 0 radical (unpaired) electrons. The third-order valence-electron chi connectivity index (χ3n) is 6.49. The van der Waals surface area contributed by atoms with E-state index in [1.54, 1.807) is 13.0 Å². The fourth-order valence-electron chi connectivity index (χ4n) is 4.21. The molecule has 4 aromatic rings. The normalized spacial score (nSPS) is 11.5. The van der Waals surface area contributed by atoms with Crippen molar-refractivity contribution in [1.29, 1.82) is 0 Å². The number of aliphatic hydroxyl groups excluding tert-OH is 1. The van der Waals surface area contributed by atoms with Crippen LogP contribution in [0.15, 0.2) is 66.7 Å². The zero-order valence-corrected chi connectivity index (χ0v) is 24.8. The number of nitrogens with one attached hydrogen (secondary N) is 3. The predicted octanol–water partition coefficient (Wildman–Crippen LogP) is 3.64. The van der Waals surface area contributed by atoms with Crippen molar-refractivity contribution in [3.8, 4) is 0 Å². The molecule has 12 heteroatoms. The Morgan fingerprint density at radius 3 is 2.28 bits per heavy atom. The Kier molecular flexibility index (Phi) is 11.8. The summed E-state index contributed by atoms with van der Waals surface area (Å²) in [5.74, 6) is -0.329. The second kappa shape index (κ2) is 16.2. The molecule has 0 spiro atoms. The molecule has 2 aromatic carbocycles. The van der Waals surface area contributed by atoms with Crippen LogP contribution in [0.5, 0.6) is 0 Å². The molecule has 0 aliphatic heterocycles. The van der Waals surface area contributed by atoms with Crippen molar-refractivity contribution in [3.05, 3.63) is 94.1 Å². The highest BCUT2D eigenvalue weighted by atomic mass is 32.1. The number of carbonyl (C=O) groups is 3. The minimum Gasteiger partial charge on any atom is -0.383 e. The molecule has 224 valence electrons. The first-order valence-corrected chi connectivity index (χ1v) is 15.0. The van der Waals surface area contributed by atoms with Gasteiger partial charge in [-0.15, -0.1) is 15.3 Å². The van der Waals surface area contributed by atoms with Gasteiger partial charge in [0.1, 0.15) is 11.1 Å². The number of hydrogen-bond donors (Lipinski definition) is 4. The average Bonchev–Trinajstić information content (AvgIpc) is 3.45. The number of aromatic nitrogens is 4. The SMILES string of the molecule is CCC(O)C(=O)NCc1cccc(CC(=O)Nc2nnc(CCCCc3ccc(NC(=O)Cc4ccccc4)nn3)s2)c1. The van der Waals surface area contributed by atoms with Gasteiger partial charge in [-0.1, -0.05) is 72.9 Å². The van der Waals surface area contributed by atoms with Crippen LogP contribution in [0.4, 0.5) is 10.9 Å². The first-order chi connectivity index (χ1) is 20.9. The van der Waals surface area contributed by atoms with Crippen LogP contribution in [0.25, 0.3) is 0 Å². The molecule has 0 bridgehead atoms. The van der Waals surface area contributed by atoms with Gasteiger partial charge in [0.15, 0.2) is 5.82 Å². The highest BCUT2D eigenvalue weighted by molar-refractivity contribution is 7.15. The van der Waals surface area contributed by atoms with Crippen molar-refractivity contribution in [1.82, 2.24) is 25.7 Å². The van der Waals surface area contributed by atoms with E-state index in [0.29, 0.717) is 17.4 Å². The third kappa shape index (κ3) is 10.7. The van der Waals surface area contributed by atoms with Gasteiger partial charge < -0.3 is 21.1 Å². The van der Waals surface area contributed by atoms with Gasteiger partial charge in [-0.25, -0.2) is 0 Å². The molecule has 1 unspecified atom stereocenters. The lowest BCUT2D eigenvalue weighted by atomic mass is 10.1. The molecule has 0 saturated heterocycles. The number of nitrogens with zero attached hydrogens (tertiary/aromatic N) is 4. The molecule has 0 saturated carbocycles. The van der Waals surface area contributed by atoms with Crippen LogP contribution in [0.3, 0.4) is 0 Å². The number of anilines is 2. The maximum atomic E-state index is 12.6. The van der Waals surface area contributed by atoms with Gasteiger partial charge in [0.2, 0.25) is 22.9 Å². The Morgan fingerprint density at radius 2 is 1.51 bits per heavy atom. The quantitative estimate of drug-likeness (QED) is 0.150. The molecular formula is C31H35N7O4S. The molecular weight excluding hydrogens is 566 g/mol. The number of aryl methyl sites for hydroxylation is 2. The molecule has 4 N–H and O–H groups in total. The Morgan fingerprint density at radius 1 is 0.791 bits per heavy atom. The highest BCUT2D eigenvalue weighted by Crippen LogP contribution is 2.18. The van der Waals surface area contributed by atoms with E-state index in [1.165, 1.54) is 11.3 Å². The van der Waals surface area contributed by atoms with Gasteiger partial charge in [0.05, 0.1) is 18.5 Å². The zero-order chi connectivity index (χ0) is 30.4. The van der Waals surface area contributed by atoms with Crippen molar-refractivity contribution in [2.24, 2.45) is 0 Å². The van der Waals surface area contributed by atoms with Gasteiger partial charge in [-0.05, 0) is 54.5 Å². The minimum atomic E-state index is -1.02. The first kappa shape index (κ1) is 31.4. The van der Waals surface area contributed by atoms with E-state index in [0.717, 1.165) is 53.1 Å². The molecule has 4 rings (SSSR count). The van der Waals surface area contributed by atoms with Crippen molar-refractivity contribution in [2.75, 3.05) is 10.6 Å². The topological polar surface area (TPSA) is 159 Å². The van der Waals surface area contributed by atoms with Crippen LogP contribution < -0.4 is 16.0 Å².